The van der Waals surface area contributed by atoms with Crippen LogP contribution in [0.3, 0.4) is 0 Å². The van der Waals surface area contributed by atoms with Gasteiger partial charge in [-0.2, -0.15) is 10.2 Å². The number of nitrogens with zero attached hydrogens (tertiary/aromatic N) is 5. The van der Waals surface area contributed by atoms with Gasteiger partial charge in [-0.25, -0.2) is 4.98 Å². The van der Waals surface area contributed by atoms with Crippen molar-refractivity contribution in [1.82, 2.24) is 30.3 Å². The van der Waals surface area contributed by atoms with Gasteiger partial charge in [0.1, 0.15) is 5.82 Å². The molecule has 0 spiro atoms. The Hall–Kier alpha value is -3.16. The van der Waals surface area contributed by atoms with Crippen LogP contribution in [0.15, 0.2) is 24.5 Å². The molecule has 162 valence electrons. The van der Waals surface area contributed by atoms with Gasteiger partial charge in [0.15, 0.2) is 0 Å². The summed E-state index contributed by atoms with van der Waals surface area (Å²) in [6.07, 6.45) is 5.25. The first kappa shape index (κ1) is 19.8. The molecule has 1 atom stereocenters. The minimum atomic E-state index is -0.115. The second kappa shape index (κ2) is 7.21. The van der Waals surface area contributed by atoms with Crippen molar-refractivity contribution in [2.24, 2.45) is 5.41 Å². The first-order valence-electron chi connectivity index (χ1n) is 10.9. The summed E-state index contributed by atoms with van der Waals surface area (Å²) < 4.78 is 1.80. The number of pyridine rings is 1. The van der Waals surface area contributed by atoms with Crippen LogP contribution in [0.1, 0.15) is 64.9 Å². The number of aromatic nitrogens is 5. The molecular weight excluding hydrogens is 390 g/mol. The van der Waals surface area contributed by atoms with Crippen LogP contribution in [-0.4, -0.2) is 44.0 Å². The number of rotatable bonds is 5. The lowest BCUT2D eigenvalue weighted by Crippen LogP contribution is -2.53. The lowest BCUT2D eigenvalue weighted by molar-refractivity contribution is 0.0936. The highest BCUT2D eigenvalue weighted by atomic mass is 16.1. The Balaban J connectivity index is 1.23. The van der Waals surface area contributed by atoms with Gasteiger partial charge in [-0.05, 0) is 49.3 Å². The molecule has 1 amide bonds. The van der Waals surface area contributed by atoms with Gasteiger partial charge >= 0.3 is 0 Å². The van der Waals surface area contributed by atoms with Crippen LogP contribution in [0.25, 0.3) is 0 Å². The first-order valence-corrected chi connectivity index (χ1v) is 10.9. The monoisotopic (exact) mass is 419 g/mol. The quantitative estimate of drug-likeness (QED) is 0.663. The van der Waals surface area contributed by atoms with E-state index in [4.69, 9.17) is 4.98 Å². The molecule has 1 saturated heterocycles. The fourth-order valence-electron chi connectivity index (χ4n) is 4.69. The Kier molecular flexibility index (Phi) is 4.60. The fraction of sp³-hybridized carbons (Fsp3) is 0.478. The summed E-state index contributed by atoms with van der Waals surface area (Å²) in [7, 11) is 0. The molecule has 8 heteroatoms. The van der Waals surface area contributed by atoms with Crippen molar-refractivity contribution >= 4 is 11.7 Å². The van der Waals surface area contributed by atoms with Crippen molar-refractivity contribution in [2.75, 3.05) is 18.0 Å². The van der Waals surface area contributed by atoms with Crippen LogP contribution in [0.2, 0.25) is 0 Å². The number of carbonyl (C=O) groups is 1. The summed E-state index contributed by atoms with van der Waals surface area (Å²) in [5.41, 5.74) is 6.32. The lowest BCUT2D eigenvalue weighted by atomic mass is 9.84. The van der Waals surface area contributed by atoms with E-state index in [2.05, 4.69) is 51.5 Å². The second-order valence-electron chi connectivity index (χ2n) is 9.64. The third-order valence-electron chi connectivity index (χ3n) is 6.39. The minimum absolute atomic E-state index is 0.0405. The summed E-state index contributed by atoms with van der Waals surface area (Å²) in [6, 6.07) is 4.16. The van der Waals surface area contributed by atoms with Crippen LogP contribution >= 0.6 is 0 Å². The van der Waals surface area contributed by atoms with Gasteiger partial charge in [0.05, 0.1) is 30.0 Å². The Morgan fingerprint density at radius 1 is 1.29 bits per heavy atom. The SMILES string of the molecule is Cc1nc(N2CC(C)(C)C2)ccc1Cn1cc(C(=O)N[C@@H]2CCc3c2n[nH]c3C)cn1. The number of aryl methyl sites for hydroxylation is 2. The lowest BCUT2D eigenvalue weighted by Gasteiger charge is -2.46. The van der Waals surface area contributed by atoms with Crippen molar-refractivity contribution in [2.45, 2.75) is 53.1 Å². The third kappa shape index (κ3) is 3.71. The van der Waals surface area contributed by atoms with Crippen molar-refractivity contribution in [1.29, 1.82) is 0 Å². The Labute approximate surface area is 182 Å². The van der Waals surface area contributed by atoms with Crippen LogP contribution < -0.4 is 10.2 Å². The Bertz CT molecular complexity index is 1130. The Morgan fingerprint density at radius 2 is 2.10 bits per heavy atom. The maximum absolute atomic E-state index is 12.7. The van der Waals surface area contributed by atoms with Gasteiger partial charge in [0.2, 0.25) is 0 Å². The van der Waals surface area contributed by atoms with Gasteiger partial charge in [0.25, 0.3) is 5.91 Å². The van der Waals surface area contributed by atoms with Gasteiger partial charge < -0.3 is 10.2 Å². The molecule has 2 aliphatic rings. The number of fused-ring (bicyclic) bond motifs is 1. The predicted octanol–water partition coefficient (Wildman–Crippen LogP) is 2.93. The first-order chi connectivity index (χ1) is 14.8. The highest BCUT2D eigenvalue weighted by molar-refractivity contribution is 5.94. The number of H-pyrrole nitrogens is 1. The molecule has 31 heavy (non-hydrogen) atoms. The molecule has 8 nitrogen and oxygen atoms in total. The Morgan fingerprint density at radius 3 is 2.84 bits per heavy atom. The topological polar surface area (TPSA) is 91.7 Å². The molecular formula is C23H29N7O. The standard InChI is InChI=1S/C23H29N7O/c1-14-16(5-8-20(25-14)29-12-23(3,4)13-29)10-30-11-17(9-24-30)22(31)26-19-7-6-18-15(2)27-28-21(18)19/h5,8-9,11,19H,6-7,10,12-13H2,1-4H3,(H,26,31)(H,27,28)/t19-/m1/s1. The zero-order valence-corrected chi connectivity index (χ0v) is 18.6. The molecule has 3 aromatic heterocycles. The van der Waals surface area contributed by atoms with E-state index < -0.39 is 0 Å². The van der Waals surface area contributed by atoms with Crippen LogP contribution in [0, 0.1) is 19.3 Å². The van der Waals surface area contributed by atoms with E-state index in [-0.39, 0.29) is 11.9 Å². The molecule has 3 aromatic rings. The highest BCUT2D eigenvalue weighted by Crippen LogP contribution is 2.33. The average Bonchev–Trinajstić information content (AvgIpc) is 3.41. The molecule has 0 aromatic carbocycles. The molecule has 0 unspecified atom stereocenters. The van der Waals surface area contributed by atoms with E-state index >= 15 is 0 Å². The number of hydrogen-bond acceptors (Lipinski definition) is 5. The zero-order chi connectivity index (χ0) is 21.8. The molecule has 0 bridgehead atoms. The second-order valence-corrected chi connectivity index (χ2v) is 9.64. The molecule has 0 radical (unpaired) electrons. The number of carbonyl (C=O) groups excluding carboxylic acids is 1. The van der Waals surface area contributed by atoms with Crippen molar-refractivity contribution in [3.8, 4) is 0 Å². The zero-order valence-electron chi connectivity index (χ0n) is 18.6. The maximum atomic E-state index is 12.7. The largest absolute Gasteiger partial charge is 0.355 e. The maximum Gasteiger partial charge on any atom is 0.255 e. The fourth-order valence-corrected chi connectivity index (χ4v) is 4.69. The van der Waals surface area contributed by atoms with Crippen LogP contribution in [-0.2, 0) is 13.0 Å². The van der Waals surface area contributed by atoms with E-state index in [1.807, 2.05) is 13.8 Å². The predicted molar refractivity (Wildman–Crippen MR) is 118 cm³/mol. The van der Waals surface area contributed by atoms with E-state index in [0.717, 1.165) is 54.4 Å². The number of anilines is 1. The number of nitrogens with one attached hydrogen (secondary N) is 2. The summed E-state index contributed by atoms with van der Waals surface area (Å²) in [5, 5.41) is 14.9. The summed E-state index contributed by atoms with van der Waals surface area (Å²) >= 11 is 0. The smallest absolute Gasteiger partial charge is 0.255 e. The normalized spacial score (nSPS) is 19.2. The molecule has 1 fully saturated rings. The van der Waals surface area contributed by atoms with Gasteiger partial charge in [0, 0.05) is 30.7 Å². The van der Waals surface area contributed by atoms with Crippen LogP contribution in [0.4, 0.5) is 5.82 Å². The molecule has 1 aliphatic carbocycles. The molecule has 1 aliphatic heterocycles. The minimum Gasteiger partial charge on any atom is -0.355 e. The average molecular weight is 420 g/mol. The third-order valence-corrected chi connectivity index (χ3v) is 6.39. The van der Waals surface area contributed by atoms with E-state index in [1.54, 1.807) is 17.1 Å². The number of aromatic amines is 1. The van der Waals surface area contributed by atoms with Crippen LogP contribution in [0.5, 0.6) is 0 Å². The summed E-state index contributed by atoms with van der Waals surface area (Å²) in [6.45, 7) is 11.3. The summed E-state index contributed by atoms with van der Waals surface area (Å²) in [5.74, 6) is 0.918. The molecule has 5 rings (SSSR count). The van der Waals surface area contributed by atoms with E-state index in [9.17, 15) is 4.79 Å². The van der Waals surface area contributed by atoms with E-state index in [1.165, 1.54) is 5.56 Å². The number of amides is 1. The number of hydrogen-bond donors (Lipinski definition) is 2. The molecule has 4 heterocycles. The summed E-state index contributed by atoms with van der Waals surface area (Å²) in [4.78, 5) is 19.8. The molecule has 2 N–H and O–H groups in total. The van der Waals surface area contributed by atoms with Gasteiger partial charge in [-0.3, -0.25) is 14.6 Å². The van der Waals surface area contributed by atoms with Crippen molar-refractivity contribution in [3.63, 3.8) is 0 Å². The molecule has 0 saturated carbocycles. The van der Waals surface area contributed by atoms with Gasteiger partial charge in [-0.1, -0.05) is 19.9 Å². The van der Waals surface area contributed by atoms with E-state index in [0.29, 0.717) is 17.5 Å². The van der Waals surface area contributed by atoms with Gasteiger partial charge in [-0.15, -0.1) is 0 Å². The van der Waals surface area contributed by atoms with Crippen molar-refractivity contribution in [3.05, 3.63) is 58.3 Å². The van der Waals surface area contributed by atoms with Crippen molar-refractivity contribution < 1.29 is 4.79 Å². The highest BCUT2D eigenvalue weighted by Gasteiger charge is 2.35.